The van der Waals surface area contributed by atoms with Crippen LogP contribution in [0, 0.1) is 11.7 Å². The standard InChI is InChI=1S/C15H19F4NO/c1-20-14(8-10-4-6-21-7-5-10)11-2-3-13(16)12(9-11)15(17,18)19/h2-3,9-10,14,20H,4-8H2,1H3. The molecule has 0 saturated carbocycles. The van der Waals surface area contributed by atoms with E-state index in [1.54, 1.807) is 7.05 Å². The van der Waals surface area contributed by atoms with Gasteiger partial charge in [-0.2, -0.15) is 13.2 Å². The lowest BCUT2D eigenvalue weighted by atomic mass is 9.89. The molecule has 1 aromatic carbocycles. The van der Waals surface area contributed by atoms with E-state index in [0.29, 0.717) is 24.7 Å². The van der Waals surface area contributed by atoms with Crippen LogP contribution in [0.3, 0.4) is 0 Å². The van der Waals surface area contributed by atoms with E-state index in [9.17, 15) is 17.6 Å². The zero-order chi connectivity index (χ0) is 15.5. The summed E-state index contributed by atoms with van der Waals surface area (Å²) in [4.78, 5) is 0. The van der Waals surface area contributed by atoms with Crippen molar-refractivity contribution in [3.8, 4) is 0 Å². The molecule has 0 bridgehead atoms. The van der Waals surface area contributed by atoms with Crippen LogP contribution in [0.2, 0.25) is 0 Å². The minimum absolute atomic E-state index is 0.213. The minimum atomic E-state index is -4.67. The van der Waals surface area contributed by atoms with E-state index in [1.807, 2.05) is 0 Å². The number of ether oxygens (including phenoxy) is 1. The number of alkyl halides is 3. The third kappa shape index (κ3) is 4.17. The van der Waals surface area contributed by atoms with Crippen LogP contribution >= 0.6 is 0 Å². The third-order valence-corrected chi connectivity index (χ3v) is 3.96. The molecule has 1 saturated heterocycles. The summed E-state index contributed by atoms with van der Waals surface area (Å²) in [7, 11) is 1.71. The molecular weight excluding hydrogens is 286 g/mol. The van der Waals surface area contributed by atoms with Crippen molar-refractivity contribution in [2.24, 2.45) is 5.92 Å². The summed E-state index contributed by atoms with van der Waals surface area (Å²) in [6.45, 7) is 1.39. The molecule has 1 aliphatic heterocycles. The van der Waals surface area contributed by atoms with Crippen molar-refractivity contribution in [1.29, 1.82) is 0 Å². The van der Waals surface area contributed by atoms with Crippen molar-refractivity contribution in [1.82, 2.24) is 5.32 Å². The SMILES string of the molecule is CNC(CC1CCOCC1)c1ccc(F)c(C(F)(F)F)c1. The second-order valence-corrected chi connectivity index (χ2v) is 5.37. The number of hydrogen-bond donors (Lipinski definition) is 1. The number of benzene rings is 1. The van der Waals surface area contributed by atoms with E-state index in [-0.39, 0.29) is 6.04 Å². The molecule has 1 fully saturated rings. The lowest BCUT2D eigenvalue weighted by Gasteiger charge is -2.27. The highest BCUT2D eigenvalue weighted by atomic mass is 19.4. The van der Waals surface area contributed by atoms with E-state index in [4.69, 9.17) is 4.74 Å². The van der Waals surface area contributed by atoms with Gasteiger partial charge in [-0.1, -0.05) is 6.07 Å². The highest BCUT2D eigenvalue weighted by molar-refractivity contribution is 5.29. The van der Waals surface area contributed by atoms with Crippen LogP contribution in [0.25, 0.3) is 0 Å². The summed E-state index contributed by atoms with van der Waals surface area (Å²) >= 11 is 0. The Bertz CT molecular complexity index is 469. The van der Waals surface area contributed by atoms with Crippen LogP contribution in [0.15, 0.2) is 18.2 Å². The number of hydrogen-bond acceptors (Lipinski definition) is 2. The van der Waals surface area contributed by atoms with Gasteiger partial charge in [-0.15, -0.1) is 0 Å². The molecule has 1 heterocycles. The van der Waals surface area contributed by atoms with Crippen molar-refractivity contribution in [2.45, 2.75) is 31.5 Å². The first-order valence-electron chi connectivity index (χ1n) is 7.03. The number of rotatable bonds is 4. The molecule has 1 aromatic rings. The second kappa shape index (κ2) is 6.75. The Morgan fingerprint density at radius 3 is 2.52 bits per heavy atom. The maximum absolute atomic E-state index is 13.3. The van der Waals surface area contributed by atoms with E-state index >= 15 is 0 Å². The fourth-order valence-corrected chi connectivity index (χ4v) is 2.71. The van der Waals surface area contributed by atoms with Crippen molar-refractivity contribution < 1.29 is 22.3 Å². The first kappa shape index (κ1) is 16.2. The van der Waals surface area contributed by atoms with Gasteiger partial charge in [-0.3, -0.25) is 0 Å². The normalized spacial score (nSPS) is 18.7. The van der Waals surface area contributed by atoms with Gasteiger partial charge >= 0.3 is 6.18 Å². The third-order valence-electron chi connectivity index (χ3n) is 3.96. The summed E-state index contributed by atoms with van der Waals surface area (Å²) in [6.07, 6.45) is -2.13. The molecule has 1 N–H and O–H groups in total. The van der Waals surface area contributed by atoms with Gasteiger partial charge in [0.05, 0.1) is 5.56 Å². The summed E-state index contributed by atoms with van der Waals surface area (Å²) in [5.41, 5.74) is -0.732. The molecule has 0 aliphatic carbocycles. The summed E-state index contributed by atoms with van der Waals surface area (Å²) in [5, 5.41) is 3.03. The van der Waals surface area contributed by atoms with Gasteiger partial charge in [0, 0.05) is 19.3 Å². The lowest BCUT2D eigenvalue weighted by Crippen LogP contribution is -2.24. The average Bonchev–Trinajstić information content (AvgIpc) is 2.45. The quantitative estimate of drug-likeness (QED) is 0.851. The Morgan fingerprint density at radius 2 is 1.95 bits per heavy atom. The maximum atomic E-state index is 13.3. The first-order valence-corrected chi connectivity index (χ1v) is 7.03. The molecular formula is C15H19F4NO. The molecule has 6 heteroatoms. The molecule has 0 spiro atoms. The molecule has 1 unspecified atom stereocenters. The summed E-state index contributed by atoms with van der Waals surface area (Å²) < 4.78 is 56.9. The molecule has 118 valence electrons. The monoisotopic (exact) mass is 305 g/mol. The summed E-state index contributed by atoms with van der Waals surface area (Å²) in [5.74, 6) is -0.817. The zero-order valence-corrected chi connectivity index (χ0v) is 11.8. The Morgan fingerprint density at radius 1 is 1.29 bits per heavy atom. The Labute approximate surface area is 121 Å². The second-order valence-electron chi connectivity index (χ2n) is 5.37. The van der Waals surface area contributed by atoms with E-state index < -0.39 is 17.6 Å². The molecule has 21 heavy (non-hydrogen) atoms. The maximum Gasteiger partial charge on any atom is 0.419 e. The van der Waals surface area contributed by atoms with Gasteiger partial charge < -0.3 is 10.1 Å². The summed E-state index contributed by atoms with van der Waals surface area (Å²) in [6, 6.07) is 3.02. The van der Waals surface area contributed by atoms with Crippen LogP contribution in [0.1, 0.15) is 36.4 Å². The van der Waals surface area contributed by atoms with Gasteiger partial charge in [0.2, 0.25) is 0 Å². The molecule has 0 amide bonds. The number of halogens is 4. The van der Waals surface area contributed by atoms with Gasteiger partial charge in [0.25, 0.3) is 0 Å². The topological polar surface area (TPSA) is 21.3 Å². The van der Waals surface area contributed by atoms with Crippen LogP contribution in [0.5, 0.6) is 0 Å². The molecule has 2 rings (SSSR count). The fraction of sp³-hybridized carbons (Fsp3) is 0.600. The predicted octanol–water partition coefficient (Wildman–Crippen LogP) is 3.92. The average molecular weight is 305 g/mol. The molecule has 1 atom stereocenters. The van der Waals surface area contributed by atoms with Crippen molar-refractivity contribution in [2.75, 3.05) is 20.3 Å². The van der Waals surface area contributed by atoms with E-state index in [0.717, 1.165) is 31.4 Å². The number of nitrogens with one attached hydrogen (secondary N) is 1. The van der Waals surface area contributed by atoms with Gasteiger partial charge in [-0.05, 0) is 49.9 Å². The Balaban J connectivity index is 2.17. The van der Waals surface area contributed by atoms with Crippen LogP contribution < -0.4 is 5.32 Å². The highest BCUT2D eigenvalue weighted by Crippen LogP contribution is 2.34. The van der Waals surface area contributed by atoms with Crippen LogP contribution in [0.4, 0.5) is 17.6 Å². The Kier molecular flexibility index (Phi) is 5.22. The van der Waals surface area contributed by atoms with Crippen LogP contribution in [-0.2, 0) is 10.9 Å². The van der Waals surface area contributed by atoms with Gasteiger partial charge in [0.15, 0.2) is 0 Å². The smallest absolute Gasteiger partial charge is 0.381 e. The predicted molar refractivity (Wildman–Crippen MR) is 71.4 cm³/mol. The highest BCUT2D eigenvalue weighted by Gasteiger charge is 2.34. The molecule has 1 aliphatic rings. The molecule has 0 radical (unpaired) electrons. The van der Waals surface area contributed by atoms with Crippen molar-refractivity contribution >= 4 is 0 Å². The van der Waals surface area contributed by atoms with Crippen molar-refractivity contribution in [3.05, 3.63) is 35.1 Å². The van der Waals surface area contributed by atoms with E-state index in [1.165, 1.54) is 6.07 Å². The lowest BCUT2D eigenvalue weighted by molar-refractivity contribution is -0.140. The van der Waals surface area contributed by atoms with Gasteiger partial charge in [0.1, 0.15) is 5.82 Å². The van der Waals surface area contributed by atoms with Gasteiger partial charge in [-0.25, -0.2) is 4.39 Å². The largest absolute Gasteiger partial charge is 0.419 e. The molecule has 2 nitrogen and oxygen atoms in total. The minimum Gasteiger partial charge on any atom is -0.381 e. The van der Waals surface area contributed by atoms with Crippen molar-refractivity contribution in [3.63, 3.8) is 0 Å². The molecule has 0 aromatic heterocycles. The van der Waals surface area contributed by atoms with Crippen LogP contribution in [-0.4, -0.2) is 20.3 Å². The Hall–Kier alpha value is -1.14. The zero-order valence-electron chi connectivity index (χ0n) is 11.8. The fourth-order valence-electron chi connectivity index (χ4n) is 2.71. The first-order chi connectivity index (χ1) is 9.91. The van der Waals surface area contributed by atoms with E-state index in [2.05, 4.69) is 5.32 Å².